The zero-order valence-electron chi connectivity index (χ0n) is 9.84. The van der Waals surface area contributed by atoms with Crippen LogP contribution in [0.2, 0.25) is 0 Å². The third kappa shape index (κ3) is 1.25. The van der Waals surface area contributed by atoms with Crippen molar-refractivity contribution in [2.75, 3.05) is 0 Å². The zero-order valence-corrected chi connectivity index (χ0v) is 9.84. The smallest absolute Gasteiger partial charge is 0.0947 e. The zero-order chi connectivity index (χ0) is 10.4. The van der Waals surface area contributed by atoms with Crippen LogP contribution >= 0.6 is 0 Å². The summed E-state index contributed by atoms with van der Waals surface area (Å²) < 4.78 is 6.21. The van der Waals surface area contributed by atoms with Crippen molar-refractivity contribution < 1.29 is 4.74 Å². The quantitative estimate of drug-likeness (QED) is 0.536. The summed E-state index contributed by atoms with van der Waals surface area (Å²) in [7, 11) is 0. The van der Waals surface area contributed by atoms with Crippen LogP contribution < -0.4 is 0 Å². The van der Waals surface area contributed by atoms with Gasteiger partial charge in [0.1, 0.15) is 0 Å². The van der Waals surface area contributed by atoms with Crippen molar-refractivity contribution in [1.82, 2.24) is 0 Å². The summed E-state index contributed by atoms with van der Waals surface area (Å²) in [5.41, 5.74) is 0.316. The van der Waals surface area contributed by atoms with Crippen LogP contribution in [0.15, 0.2) is 12.2 Å². The van der Waals surface area contributed by atoms with Crippen molar-refractivity contribution in [1.29, 1.82) is 0 Å². The van der Waals surface area contributed by atoms with Gasteiger partial charge >= 0.3 is 0 Å². The summed E-state index contributed by atoms with van der Waals surface area (Å²) in [6.07, 6.45) is 8.80. The molecule has 1 spiro atoms. The lowest BCUT2D eigenvalue weighted by Crippen LogP contribution is -2.52. The molecule has 1 aliphatic heterocycles. The van der Waals surface area contributed by atoms with Gasteiger partial charge in [-0.25, -0.2) is 0 Å². The summed E-state index contributed by atoms with van der Waals surface area (Å²) in [6.45, 7) is 9.18. The third-order valence-corrected chi connectivity index (χ3v) is 4.22. The monoisotopic (exact) mass is 194 g/mol. The molecule has 0 radical (unpaired) electrons. The molecule has 0 amide bonds. The Balaban J connectivity index is 2.33. The van der Waals surface area contributed by atoms with Crippen LogP contribution in [0.1, 0.15) is 47.0 Å². The van der Waals surface area contributed by atoms with Gasteiger partial charge in [0.05, 0.1) is 11.7 Å². The molecule has 14 heavy (non-hydrogen) atoms. The van der Waals surface area contributed by atoms with E-state index in [1.807, 2.05) is 0 Å². The molecule has 1 aliphatic carbocycles. The van der Waals surface area contributed by atoms with Crippen LogP contribution in [0.25, 0.3) is 0 Å². The number of rotatable bonds is 0. The van der Waals surface area contributed by atoms with Gasteiger partial charge in [-0.2, -0.15) is 0 Å². The molecule has 0 saturated heterocycles. The Hall–Kier alpha value is -0.300. The van der Waals surface area contributed by atoms with Crippen LogP contribution in [0.3, 0.4) is 0 Å². The average molecular weight is 194 g/mol. The Morgan fingerprint density at radius 3 is 2.50 bits per heavy atom. The molecule has 1 fully saturated rings. The van der Waals surface area contributed by atoms with E-state index in [-0.39, 0.29) is 5.60 Å². The largest absolute Gasteiger partial charge is 0.363 e. The standard InChI is InChI=1S/C13H22O/c1-10-6-5-8-12(3,4)13(10)9-7-11(2)14-13/h7,9-11H,5-6,8H2,1-4H3. The predicted octanol–water partition coefficient (Wildman–Crippen LogP) is 3.55. The highest BCUT2D eigenvalue weighted by Crippen LogP contribution is 2.52. The molecule has 0 aromatic rings. The summed E-state index contributed by atoms with van der Waals surface area (Å²) in [5.74, 6) is 0.660. The predicted molar refractivity (Wildman–Crippen MR) is 59.2 cm³/mol. The maximum atomic E-state index is 6.21. The van der Waals surface area contributed by atoms with Crippen molar-refractivity contribution in [3.05, 3.63) is 12.2 Å². The fourth-order valence-corrected chi connectivity index (χ4v) is 3.26. The first-order valence-corrected chi connectivity index (χ1v) is 5.85. The van der Waals surface area contributed by atoms with Crippen LogP contribution in [-0.4, -0.2) is 11.7 Å². The lowest BCUT2D eigenvalue weighted by atomic mass is 9.61. The Bertz CT molecular complexity index is 254. The topological polar surface area (TPSA) is 9.23 Å². The first-order valence-electron chi connectivity index (χ1n) is 5.85. The van der Waals surface area contributed by atoms with Gasteiger partial charge in [-0.3, -0.25) is 0 Å². The van der Waals surface area contributed by atoms with Crippen molar-refractivity contribution in [2.45, 2.75) is 58.7 Å². The summed E-state index contributed by atoms with van der Waals surface area (Å²) in [4.78, 5) is 0. The molecule has 0 aromatic carbocycles. The summed E-state index contributed by atoms with van der Waals surface area (Å²) in [5, 5.41) is 0. The summed E-state index contributed by atoms with van der Waals surface area (Å²) >= 11 is 0. The minimum absolute atomic E-state index is 0.0185. The maximum Gasteiger partial charge on any atom is 0.0947 e. The normalized spacial score (nSPS) is 46.0. The second kappa shape index (κ2) is 3.10. The fourth-order valence-electron chi connectivity index (χ4n) is 3.26. The SMILES string of the molecule is CC1C=CC2(O1)C(C)CCCC2(C)C. The van der Waals surface area contributed by atoms with E-state index in [4.69, 9.17) is 4.74 Å². The van der Waals surface area contributed by atoms with Crippen LogP contribution in [0.5, 0.6) is 0 Å². The van der Waals surface area contributed by atoms with Gasteiger partial charge < -0.3 is 4.74 Å². The fraction of sp³-hybridized carbons (Fsp3) is 0.846. The molecule has 0 N–H and O–H groups in total. The van der Waals surface area contributed by atoms with Crippen LogP contribution in [0.4, 0.5) is 0 Å². The number of ether oxygens (including phenoxy) is 1. The highest BCUT2D eigenvalue weighted by atomic mass is 16.5. The van der Waals surface area contributed by atoms with E-state index in [1.165, 1.54) is 19.3 Å². The van der Waals surface area contributed by atoms with Gasteiger partial charge in [-0.1, -0.05) is 39.3 Å². The molecule has 1 nitrogen and oxygen atoms in total. The number of hydrogen-bond donors (Lipinski definition) is 0. The molecule has 80 valence electrons. The van der Waals surface area contributed by atoms with Crippen molar-refractivity contribution in [2.24, 2.45) is 11.3 Å². The Labute approximate surface area is 87.5 Å². The van der Waals surface area contributed by atoms with E-state index in [0.717, 1.165) is 0 Å². The van der Waals surface area contributed by atoms with Crippen molar-refractivity contribution in [3.8, 4) is 0 Å². The van der Waals surface area contributed by atoms with Gasteiger partial charge in [0.25, 0.3) is 0 Å². The highest BCUT2D eigenvalue weighted by Gasteiger charge is 2.52. The molecule has 3 atom stereocenters. The van der Waals surface area contributed by atoms with Crippen molar-refractivity contribution >= 4 is 0 Å². The van der Waals surface area contributed by atoms with Crippen LogP contribution in [-0.2, 0) is 4.74 Å². The molecule has 0 aromatic heterocycles. The lowest BCUT2D eigenvalue weighted by Gasteiger charge is -2.50. The second-order valence-corrected chi connectivity index (χ2v) is 5.65. The second-order valence-electron chi connectivity index (χ2n) is 5.65. The van der Waals surface area contributed by atoms with Gasteiger partial charge in [0, 0.05) is 0 Å². The van der Waals surface area contributed by atoms with Gasteiger partial charge in [-0.15, -0.1) is 0 Å². The van der Waals surface area contributed by atoms with Gasteiger partial charge in [0.2, 0.25) is 0 Å². The van der Waals surface area contributed by atoms with E-state index >= 15 is 0 Å². The number of hydrogen-bond acceptors (Lipinski definition) is 1. The Kier molecular flexibility index (Phi) is 2.26. The first-order chi connectivity index (χ1) is 6.48. The molecular formula is C13H22O. The minimum Gasteiger partial charge on any atom is -0.363 e. The molecular weight excluding hydrogens is 172 g/mol. The van der Waals surface area contributed by atoms with Crippen LogP contribution in [0, 0.1) is 11.3 Å². The molecule has 3 unspecified atom stereocenters. The molecule has 1 saturated carbocycles. The minimum atomic E-state index is 0.0185. The third-order valence-electron chi connectivity index (χ3n) is 4.22. The highest BCUT2D eigenvalue weighted by molar-refractivity contribution is 5.19. The van der Waals surface area contributed by atoms with E-state index < -0.39 is 0 Å². The summed E-state index contributed by atoms with van der Waals surface area (Å²) in [6, 6.07) is 0. The van der Waals surface area contributed by atoms with E-state index in [1.54, 1.807) is 0 Å². The first kappa shape index (κ1) is 10.2. The molecule has 1 heterocycles. The average Bonchev–Trinajstić information content (AvgIpc) is 2.46. The van der Waals surface area contributed by atoms with Gasteiger partial charge in [0.15, 0.2) is 0 Å². The lowest BCUT2D eigenvalue weighted by molar-refractivity contribution is -0.144. The Morgan fingerprint density at radius 1 is 1.29 bits per heavy atom. The van der Waals surface area contributed by atoms with E-state index in [2.05, 4.69) is 39.8 Å². The molecule has 2 aliphatic rings. The van der Waals surface area contributed by atoms with Gasteiger partial charge in [-0.05, 0) is 31.1 Å². The van der Waals surface area contributed by atoms with E-state index in [9.17, 15) is 0 Å². The molecule has 1 heteroatoms. The van der Waals surface area contributed by atoms with Crippen molar-refractivity contribution in [3.63, 3.8) is 0 Å². The van der Waals surface area contributed by atoms with E-state index in [0.29, 0.717) is 17.4 Å². The molecule has 2 rings (SSSR count). The maximum absolute atomic E-state index is 6.21. The molecule has 0 bridgehead atoms. The Morgan fingerprint density at radius 2 is 2.00 bits per heavy atom.